The maximum Gasteiger partial charge on any atom is 0.328 e. The lowest BCUT2D eigenvalue weighted by molar-refractivity contribution is -0.131. The molecule has 22 heavy (non-hydrogen) atoms. The summed E-state index contributed by atoms with van der Waals surface area (Å²) in [5.74, 6) is -0.965. The average molecular weight is 330 g/mol. The number of aliphatic carboxylic acids is 1. The van der Waals surface area contributed by atoms with Crippen molar-refractivity contribution in [2.45, 2.75) is 23.8 Å². The van der Waals surface area contributed by atoms with E-state index in [0.717, 1.165) is 26.7 Å². The zero-order valence-electron chi connectivity index (χ0n) is 12.1. The van der Waals surface area contributed by atoms with E-state index in [1.165, 1.54) is 22.5 Å². The van der Waals surface area contributed by atoms with Gasteiger partial charge in [0.15, 0.2) is 4.96 Å². The van der Waals surface area contributed by atoms with Crippen LogP contribution in [-0.4, -0.2) is 20.5 Å². The van der Waals surface area contributed by atoms with E-state index in [-0.39, 0.29) is 0 Å². The van der Waals surface area contributed by atoms with Crippen molar-refractivity contribution >= 4 is 40.1 Å². The Hall–Kier alpha value is -2.05. The third-order valence-electron chi connectivity index (χ3n) is 3.19. The van der Waals surface area contributed by atoms with Crippen molar-refractivity contribution in [3.63, 3.8) is 0 Å². The molecule has 0 unspecified atom stereocenters. The van der Waals surface area contributed by atoms with Gasteiger partial charge in [0.05, 0.1) is 5.69 Å². The van der Waals surface area contributed by atoms with Crippen molar-refractivity contribution in [2.24, 2.45) is 0 Å². The van der Waals surface area contributed by atoms with Crippen molar-refractivity contribution in [2.75, 3.05) is 0 Å². The molecule has 1 aromatic carbocycles. The number of thiazole rings is 1. The molecule has 0 saturated carbocycles. The van der Waals surface area contributed by atoms with Crippen LogP contribution in [0.2, 0.25) is 0 Å². The van der Waals surface area contributed by atoms with Crippen LogP contribution in [0.15, 0.2) is 45.8 Å². The fourth-order valence-electron chi connectivity index (χ4n) is 2.18. The topological polar surface area (TPSA) is 54.6 Å². The van der Waals surface area contributed by atoms with Crippen LogP contribution in [0.5, 0.6) is 0 Å². The van der Waals surface area contributed by atoms with Gasteiger partial charge in [0.1, 0.15) is 5.03 Å². The molecule has 0 aliphatic heterocycles. The van der Waals surface area contributed by atoms with E-state index in [1.807, 2.05) is 16.0 Å². The Morgan fingerprint density at radius 2 is 2.23 bits per heavy atom. The summed E-state index contributed by atoms with van der Waals surface area (Å²) in [6, 6.07) is 6.28. The lowest BCUT2D eigenvalue weighted by Gasteiger charge is -2.05. The predicted molar refractivity (Wildman–Crippen MR) is 89.8 cm³/mol. The number of carboxylic acids is 1. The molecule has 3 rings (SSSR count). The maximum absolute atomic E-state index is 10.8. The molecule has 0 radical (unpaired) electrons. The Bertz CT molecular complexity index is 878. The Balaban J connectivity index is 2.04. The molecule has 2 aromatic heterocycles. The molecule has 0 aliphatic rings. The first kappa shape index (κ1) is 14.9. The van der Waals surface area contributed by atoms with Crippen LogP contribution >= 0.6 is 23.1 Å². The molecule has 0 saturated heterocycles. The fraction of sp³-hybridized carbons (Fsp3) is 0.125. The number of benzene rings is 1. The highest BCUT2D eigenvalue weighted by molar-refractivity contribution is 7.99. The van der Waals surface area contributed by atoms with Crippen molar-refractivity contribution in [1.29, 1.82) is 0 Å². The summed E-state index contributed by atoms with van der Waals surface area (Å²) in [5, 5.41) is 11.6. The first-order chi connectivity index (χ1) is 10.5. The molecular formula is C16H14N2O2S2. The van der Waals surface area contributed by atoms with Crippen molar-refractivity contribution in [3.05, 3.63) is 52.7 Å². The molecule has 0 amide bonds. The monoisotopic (exact) mass is 330 g/mol. The number of aromatic nitrogens is 2. The van der Waals surface area contributed by atoms with Crippen LogP contribution in [0.25, 0.3) is 11.0 Å². The maximum atomic E-state index is 10.8. The quantitative estimate of drug-likeness (QED) is 0.726. The number of fused-ring (bicyclic) bond motifs is 1. The standard InChI is InChI=1S/C16H14N2O2S2/c1-10-3-5-13(11(2)9-10)22-15-12(4-6-14(19)20)18-7-8-21-16(18)17-15/h3-9H,1-2H3,(H,19,20)/b6-4+. The SMILES string of the molecule is Cc1ccc(Sc2nc3sccn3c2/C=C/C(=O)O)c(C)c1. The van der Waals surface area contributed by atoms with Crippen molar-refractivity contribution < 1.29 is 9.90 Å². The number of rotatable bonds is 4. The molecule has 3 aromatic rings. The number of carbonyl (C=O) groups is 1. The zero-order chi connectivity index (χ0) is 15.7. The number of imidazole rings is 1. The van der Waals surface area contributed by atoms with E-state index < -0.39 is 5.97 Å². The van der Waals surface area contributed by atoms with Crippen LogP contribution in [0.1, 0.15) is 16.8 Å². The van der Waals surface area contributed by atoms with Gasteiger partial charge in [-0.2, -0.15) is 0 Å². The van der Waals surface area contributed by atoms with Gasteiger partial charge in [-0.15, -0.1) is 11.3 Å². The highest BCUT2D eigenvalue weighted by Gasteiger charge is 2.13. The molecule has 6 heteroatoms. The van der Waals surface area contributed by atoms with Gasteiger partial charge in [-0.1, -0.05) is 29.5 Å². The van der Waals surface area contributed by atoms with Gasteiger partial charge < -0.3 is 5.11 Å². The molecule has 2 heterocycles. The van der Waals surface area contributed by atoms with Gasteiger partial charge in [0, 0.05) is 22.5 Å². The third-order valence-corrected chi connectivity index (χ3v) is 5.11. The molecular weight excluding hydrogens is 316 g/mol. The number of aryl methyl sites for hydroxylation is 2. The molecule has 0 fully saturated rings. The average Bonchev–Trinajstić information content (AvgIpc) is 3.00. The minimum Gasteiger partial charge on any atom is -0.478 e. The number of hydrogen-bond donors (Lipinski definition) is 1. The molecule has 1 N–H and O–H groups in total. The van der Waals surface area contributed by atoms with Crippen LogP contribution in [0.3, 0.4) is 0 Å². The number of hydrogen-bond acceptors (Lipinski definition) is 4. The molecule has 0 bridgehead atoms. The van der Waals surface area contributed by atoms with Gasteiger partial charge in [-0.3, -0.25) is 4.40 Å². The second kappa shape index (κ2) is 5.98. The summed E-state index contributed by atoms with van der Waals surface area (Å²) < 4.78 is 1.91. The second-order valence-corrected chi connectivity index (χ2v) is 6.80. The van der Waals surface area contributed by atoms with E-state index >= 15 is 0 Å². The van der Waals surface area contributed by atoms with Crippen LogP contribution in [0.4, 0.5) is 0 Å². The molecule has 4 nitrogen and oxygen atoms in total. The summed E-state index contributed by atoms with van der Waals surface area (Å²) in [6.07, 6.45) is 4.65. The molecule has 0 aliphatic carbocycles. The van der Waals surface area contributed by atoms with Crippen LogP contribution in [-0.2, 0) is 4.79 Å². The zero-order valence-corrected chi connectivity index (χ0v) is 13.7. The van der Waals surface area contributed by atoms with Gasteiger partial charge in [0.25, 0.3) is 0 Å². The summed E-state index contributed by atoms with van der Waals surface area (Å²) in [7, 11) is 0. The Morgan fingerprint density at radius 3 is 2.95 bits per heavy atom. The lowest BCUT2D eigenvalue weighted by Crippen LogP contribution is -1.89. The van der Waals surface area contributed by atoms with E-state index in [9.17, 15) is 4.79 Å². The number of nitrogens with zero attached hydrogens (tertiary/aromatic N) is 2. The second-order valence-electron chi connectivity index (χ2n) is 4.90. The highest BCUT2D eigenvalue weighted by atomic mass is 32.2. The predicted octanol–water partition coefficient (Wildman–Crippen LogP) is 4.26. The van der Waals surface area contributed by atoms with E-state index in [2.05, 4.69) is 37.0 Å². The summed E-state index contributed by atoms with van der Waals surface area (Å²) in [6.45, 7) is 4.13. The van der Waals surface area contributed by atoms with Crippen molar-refractivity contribution in [3.8, 4) is 0 Å². The van der Waals surface area contributed by atoms with Gasteiger partial charge in [0.2, 0.25) is 0 Å². The van der Waals surface area contributed by atoms with Crippen LogP contribution < -0.4 is 0 Å². The summed E-state index contributed by atoms with van der Waals surface area (Å²) in [4.78, 5) is 17.4. The minimum atomic E-state index is -0.965. The van der Waals surface area contributed by atoms with Gasteiger partial charge in [-0.25, -0.2) is 9.78 Å². The fourth-order valence-corrected chi connectivity index (χ4v) is 3.92. The largest absolute Gasteiger partial charge is 0.478 e. The van der Waals surface area contributed by atoms with Crippen LogP contribution in [0, 0.1) is 13.8 Å². The Morgan fingerprint density at radius 1 is 1.41 bits per heavy atom. The summed E-state index contributed by atoms with van der Waals surface area (Å²) >= 11 is 3.09. The van der Waals surface area contributed by atoms with Gasteiger partial charge >= 0.3 is 5.97 Å². The first-order valence-corrected chi connectivity index (χ1v) is 8.36. The van der Waals surface area contributed by atoms with E-state index in [0.29, 0.717) is 0 Å². The normalized spacial score (nSPS) is 11.5. The van der Waals surface area contributed by atoms with Gasteiger partial charge in [-0.05, 0) is 31.6 Å². The first-order valence-electron chi connectivity index (χ1n) is 6.66. The minimum absolute atomic E-state index is 0.795. The molecule has 112 valence electrons. The van der Waals surface area contributed by atoms with Crippen molar-refractivity contribution in [1.82, 2.24) is 9.38 Å². The molecule has 0 atom stereocenters. The third kappa shape index (κ3) is 2.93. The Kier molecular flexibility index (Phi) is 4.04. The highest BCUT2D eigenvalue weighted by Crippen LogP contribution is 2.34. The summed E-state index contributed by atoms with van der Waals surface area (Å²) in [5.41, 5.74) is 3.21. The number of carboxylic acid groups (broad SMARTS) is 1. The van der Waals surface area contributed by atoms with E-state index in [1.54, 1.807) is 17.8 Å². The van der Waals surface area contributed by atoms with E-state index in [4.69, 9.17) is 5.11 Å². The molecule has 0 spiro atoms. The lowest BCUT2D eigenvalue weighted by atomic mass is 10.2. The Labute approximate surface area is 136 Å². The smallest absolute Gasteiger partial charge is 0.328 e.